The Morgan fingerprint density at radius 2 is 1.79 bits per heavy atom. The van der Waals surface area contributed by atoms with E-state index in [1.165, 1.54) is 5.56 Å². The molecular weight excluding hydrogens is 238 g/mol. The number of urea groups is 1. The fourth-order valence-corrected chi connectivity index (χ4v) is 1.99. The Kier molecular flexibility index (Phi) is 4.58. The fourth-order valence-electron chi connectivity index (χ4n) is 1.99. The fraction of sp³-hybridized carbons (Fsp3) is 0.400. The van der Waals surface area contributed by atoms with E-state index in [1.807, 2.05) is 23.1 Å². The molecule has 0 aliphatic carbocycles. The van der Waals surface area contributed by atoms with Gasteiger partial charge in [0.25, 0.3) is 0 Å². The molecule has 1 aliphatic rings. The summed E-state index contributed by atoms with van der Waals surface area (Å²) >= 11 is 0. The van der Waals surface area contributed by atoms with E-state index < -0.39 is 0 Å². The average Bonchev–Trinajstić information content (AvgIpc) is 2.41. The second-order valence-corrected chi connectivity index (χ2v) is 4.98. The summed E-state index contributed by atoms with van der Waals surface area (Å²) in [5.74, 6) is 0. The Labute approximate surface area is 114 Å². The summed E-state index contributed by atoms with van der Waals surface area (Å²) in [7, 11) is 2.08. The third kappa shape index (κ3) is 4.10. The second kappa shape index (κ2) is 6.38. The lowest BCUT2D eigenvalue weighted by Gasteiger charge is -2.31. The van der Waals surface area contributed by atoms with Crippen LogP contribution in [0, 0.1) is 6.92 Å². The van der Waals surface area contributed by atoms with Crippen LogP contribution in [0.1, 0.15) is 11.1 Å². The largest absolute Gasteiger partial charge is 0.322 e. The molecule has 0 bridgehead atoms. The molecule has 1 N–H and O–H groups in total. The maximum absolute atomic E-state index is 11.9. The maximum Gasteiger partial charge on any atom is 0.321 e. The summed E-state index contributed by atoms with van der Waals surface area (Å²) in [4.78, 5) is 16.0. The number of amides is 2. The zero-order chi connectivity index (χ0) is 13.7. The number of piperazine rings is 1. The van der Waals surface area contributed by atoms with Crippen LogP contribution in [0.4, 0.5) is 4.79 Å². The smallest absolute Gasteiger partial charge is 0.321 e. The number of carbonyl (C=O) groups is 1. The van der Waals surface area contributed by atoms with Crippen molar-refractivity contribution >= 4 is 12.1 Å². The zero-order valence-corrected chi connectivity index (χ0v) is 11.6. The number of aryl methyl sites for hydroxylation is 1. The van der Waals surface area contributed by atoms with E-state index in [9.17, 15) is 4.79 Å². The third-order valence-corrected chi connectivity index (χ3v) is 3.35. The minimum atomic E-state index is -0.0172. The molecule has 0 atom stereocenters. The van der Waals surface area contributed by atoms with Crippen molar-refractivity contribution in [3.63, 3.8) is 0 Å². The monoisotopic (exact) mass is 259 g/mol. The summed E-state index contributed by atoms with van der Waals surface area (Å²) in [5.41, 5.74) is 2.32. The van der Waals surface area contributed by atoms with E-state index >= 15 is 0 Å². The second-order valence-electron chi connectivity index (χ2n) is 4.98. The van der Waals surface area contributed by atoms with Crippen LogP contribution in [0.3, 0.4) is 0 Å². The van der Waals surface area contributed by atoms with Gasteiger partial charge in [-0.05, 0) is 25.6 Å². The Morgan fingerprint density at radius 3 is 2.42 bits per heavy atom. The van der Waals surface area contributed by atoms with Gasteiger partial charge in [0.1, 0.15) is 0 Å². The van der Waals surface area contributed by atoms with Gasteiger partial charge in [0.2, 0.25) is 0 Å². The average molecular weight is 259 g/mol. The molecule has 0 spiro atoms. The van der Waals surface area contributed by atoms with Crippen LogP contribution >= 0.6 is 0 Å². The molecule has 0 radical (unpaired) electrons. The molecule has 1 aromatic rings. The molecule has 2 rings (SSSR count). The van der Waals surface area contributed by atoms with E-state index in [1.54, 1.807) is 6.20 Å². The minimum absolute atomic E-state index is 0.0172. The van der Waals surface area contributed by atoms with Crippen LogP contribution in [0.25, 0.3) is 6.08 Å². The van der Waals surface area contributed by atoms with Crippen molar-refractivity contribution in [3.8, 4) is 0 Å². The number of carbonyl (C=O) groups excluding carboxylic acids is 1. The Bertz CT molecular complexity index is 445. The summed E-state index contributed by atoms with van der Waals surface area (Å²) in [6.45, 7) is 5.52. The van der Waals surface area contributed by atoms with Crippen molar-refractivity contribution in [1.29, 1.82) is 0 Å². The molecule has 1 aromatic carbocycles. The van der Waals surface area contributed by atoms with E-state index in [4.69, 9.17) is 0 Å². The summed E-state index contributed by atoms with van der Waals surface area (Å²) in [6, 6.07) is 8.17. The molecule has 0 aromatic heterocycles. The highest BCUT2D eigenvalue weighted by atomic mass is 16.2. The van der Waals surface area contributed by atoms with Crippen LogP contribution in [-0.4, -0.2) is 49.1 Å². The molecule has 2 amide bonds. The number of hydrogen-bond acceptors (Lipinski definition) is 2. The molecule has 19 heavy (non-hydrogen) atoms. The number of hydrogen-bond donors (Lipinski definition) is 1. The molecule has 4 nitrogen and oxygen atoms in total. The predicted molar refractivity (Wildman–Crippen MR) is 77.8 cm³/mol. The molecule has 0 unspecified atom stereocenters. The highest BCUT2D eigenvalue weighted by Gasteiger charge is 2.17. The topological polar surface area (TPSA) is 35.6 Å². The molecule has 1 saturated heterocycles. The molecule has 1 heterocycles. The number of nitrogens with zero attached hydrogens (tertiary/aromatic N) is 2. The van der Waals surface area contributed by atoms with Gasteiger partial charge < -0.3 is 15.1 Å². The van der Waals surface area contributed by atoms with Crippen molar-refractivity contribution < 1.29 is 4.79 Å². The van der Waals surface area contributed by atoms with Crippen molar-refractivity contribution in [3.05, 3.63) is 41.6 Å². The first-order chi connectivity index (χ1) is 9.15. The van der Waals surface area contributed by atoms with E-state index in [0.29, 0.717) is 0 Å². The van der Waals surface area contributed by atoms with Gasteiger partial charge >= 0.3 is 6.03 Å². The van der Waals surface area contributed by atoms with E-state index in [2.05, 4.69) is 36.3 Å². The Morgan fingerprint density at radius 1 is 1.16 bits per heavy atom. The highest BCUT2D eigenvalue weighted by molar-refractivity contribution is 5.76. The molecule has 102 valence electrons. The van der Waals surface area contributed by atoms with Crippen LogP contribution in [0.5, 0.6) is 0 Å². The molecule has 0 saturated carbocycles. The van der Waals surface area contributed by atoms with Crippen LogP contribution in [-0.2, 0) is 0 Å². The quantitative estimate of drug-likeness (QED) is 0.881. The van der Waals surface area contributed by atoms with Gasteiger partial charge in [-0.2, -0.15) is 0 Å². The molecule has 1 aliphatic heterocycles. The Balaban J connectivity index is 1.81. The van der Waals surface area contributed by atoms with Gasteiger partial charge in [-0.15, -0.1) is 0 Å². The van der Waals surface area contributed by atoms with E-state index in [-0.39, 0.29) is 6.03 Å². The van der Waals surface area contributed by atoms with Crippen LogP contribution in [0.2, 0.25) is 0 Å². The van der Waals surface area contributed by atoms with Crippen molar-refractivity contribution in [2.45, 2.75) is 6.92 Å². The molecule has 1 fully saturated rings. The van der Waals surface area contributed by atoms with Crippen molar-refractivity contribution in [1.82, 2.24) is 15.1 Å². The maximum atomic E-state index is 11.9. The van der Waals surface area contributed by atoms with Gasteiger partial charge in [-0.3, -0.25) is 0 Å². The Hall–Kier alpha value is -1.81. The first-order valence-electron chi connectivity index (χ1n) is 6.62. The van der Waals surface area contributed by atoms with Gasteiger partial charge in [0, 0.05) is 32.4 Å². The number of likely N-dealkylation sites (N-methyl/N-ethyl adjacent to an activating group) is 1. The predicted octanol–water partition coefficient (Wildman–Crippen LogP) is 1.92. The first kappa shape index (κ1) is 13.6. The zero-order valence-electron chi connectivity index (χ0n) is 11.6. The number of rotatable bonds is 2. The normalized spacial score (nSPS) is 16.8. The van der Waals surface area contributed by atoms with Crippen molar-refractivity contribution in [2.24, 2.45) is 0 Å². The van der Waals surface area contributed by atoms with Crippen LogP contribution in [0.15, 0.2) is 30.5 Å². The first-order valence-corrected chi connectivity index (χ1v) is 6.62. The highest BCUT2D eigenvalue weighted by Crippen LogP contribution is 2.04. The summed E-state index contributed by atoms with van der Waals surface area (Å²) in [6.07, 6.45) is 3.62. The minimum Gasteiger partial charge on any atom is -0.322 e. The summed E-state index contributed by atoms with van der Waals surface area (Å²) in [5, 5.41) is 2.82. The van der Waals surface area contributed by atoms with Gasteiger partial charge in [-0.1, -0.05) is 29.8 Å². The third-order valence-electron chi connectivity index (χ3n) is 3.35. The summed E-state index contributed by atoms with van der Waals surface area (Å²) < 4.78 is 0. The number of benzene rings is 1. The molecular formula is C15H21N3O. The standard InChI is InChI=1S/C15H21N3O/c1-13-3-5-14(6-4-13)7-8-16-15(19)18-11-9-17(2)10-12-18/h3-8H,9-12H2,1-2H3,(H,16,19)/b8-7+. The lowest BCUT2D eigenvalue weighted by Crippen LogP contribution is -2.49. The SMILES string of the molecule is Cc1ccc(/C=C/NC(=O)N2CCN(C)CC2)cc1. The van der Waals surface area contributed by atoms with Gasteiger partial charge in [0.05, 0.1) is 0 Å². The van der Waals surface area contributed by atoms with Crippen LogP contribution < -0.4 is 5.32 Å². The van der Waals surface area contributed by atoms with Gasteiger partial charge in [0.15, 0.2) is 0 Å². The van der Waals surface area contributed by atoms with E-state index in [0.717, 1.165) is 31.7 Å². The lowest BCUT2D eigenvalue weighted by atomic mass is 10.1. The molecule has 4 heteroatoms. The lowest BCUT2D eigenvalue weighted by molar-refractivity contribution is 0.157. The van der Waals surface area contributed by atoms with Gasteiger partial charge in [-0.25, -0.2) is 4.79 Å². The number of nitrogens with one attached hydrogen (secondary N) is 1. The van der Waals surface area contributed by atoms with Crippen molar-refractivity contribution in [2.75, 3.05) is 33.2 Å².